The molecule has 4 aromatic rings. The van der Waals surface area contributed by atoms with Crippen molar-refractivity contribution >= 4 is 63.7 Å². The van der Waals surface area contributed by atoms with Gasteiger partial charge in [-0.1, -0.05) is 50.2 Å². The summed E-state index contributed by atoms with van der Waals surface area (Å²) >= 11 is 13.9. The van der Waals surface area contributed by atoms with Crippen LogP contribution in [0.2, 0.25) is 0 Å². The van der Waals surface area contributed by atoms with E-state index in [4.69, 9.17) is 24.1 Å². The van der Waals surface area contributed by atoms with Gasteiger partial charge in [0, 0.05) is 31.8 Å². The van der Waals surface area contributed by atoms with Crippen molar-refractivity contribution in [2.75, 3.05) is 40.6 Å². The summed E-state index contributed by atoms with van der Waals surface area (Å²) in [4.78, 5) is 0. The molecule has 0 aromatic heterocycles. The molecule has 4 rings (SSSR count). The number of methoxy groups -OCH3 is 2. The fourth-order valence-corrected chi connectivity index (χ4v) is 6.30. The van der Waals surface area contributed by atoms with Crippen molar-refractivity contribution in [3.05, 3.63) is 114 Å². The third-order valence-corrected chi connectivity index (χ3v) is 8.60. The maximum absolute atomic E-state index is 9.90. The molecular weight excluding hydrogens is 860 g/mol. The van der Waals surface area contributed by atoms with Crippen LogP contribution in [0.3, 0.4) is 0 Å². The lowest BCUT2D eigenvalue weighted by Gasteiger charge is -2.28. The van der Waals surface area contributed by atoms with Gasteiger partial charge in [-0.05, 0) is 151 Å². The standard InChI is InChI=1S/C16H14Br4O2.C7H8O.C6H6O.2C4H10O/c1-16(2,8-4-10(17)14(21)11(18)5-8)9-6-12(19)15(22-3)13(20)7-9;1-8-7-5-3-2-4-6-7;7-6-4-2-1-3-5-6;2*1-3-5-4-2/h4-7,21H,1-3H3;2-6H,1H3;1-5,7H;2*3-4H2,1-2H3. The highest BCUT2D eigenvalue weighted by atomic mass is 79.9. The molecule has 0 heterocycles. The molecule has 0 bridgehead atoms. The number of benzene rings is 4. The van der Waals surface area contributed by atoms with E-state index in [2.05, 4.69) is 89.7 Å². The zero-order valence-corrected chi connectivity index (χ0v) is 34.8. The van der Waals surface area contributed by atoms with Crippen LogP contribution >= 0.6 is 63.7 Å². The number of halogens is 4. The van der Waals surface area contributed by atoms with Crippen molar-refractivity contribution in [2.24, 2.45) is 0 Å². The van der Waals surface area contributed by atoms with Crippen LogP contribution in [0.4, 0.5) is 0 Å². The van der Waals surface area contributed by atoms with Crippen molar-refractivity contribution < 1.29 is 29.2 Å². The number of hydrogen-bond donors (Lipinski definition) is 2. The molecule has 0 aliphatic carbocycles. The Morgan fingerprint density at radius 2 is 0.915 bits per heavy atom. The van der Waals surface area contributed by atoms with Gasteiger partial charge in [0.2, 0.25) is 0 Å². The fourth-order valence-electron chi connectivity index (χ4n) is 3.60. The molecule has 0 saturated carbocycles. The van der Waals surface area contributed by atoms with Gasteiger partial charge >= 0.3 is 0 Å². The minimum atomic E-state index is -0.254. The predicted octanol–water partition coefficient (Wildman–Crippen LogP) is 11.9. The van der Waals surface area contributed by atoms with Gasteiger partial charge in [0.05, 0.1) is 32.1 Å². The molecule has 10 heteroatoms. The van der Waals surface area contributed by atoms with Gasteiger partial charge in [0.1, 0.15) is 23.0 Å². The number of phenolic OH excluding ortho intramolecular Hbond substituents is 2. The first-order chi connectivity index (χ1) is 22.3. The highest BCUT2D eigenvalue weighted by molar-refractivity contribution is 9.11. The molecule has 0 spiro atoms. The summed E-state index contributed by atoms with van der Waals surface area (Å²) in [5.74, 6) is 2.21. The van der Waals surface area contributed by atoms with Crippen LogP contribution in [-0.4, -0.2) is 50.9 Å². The predicted molar refractivity (Wildman–Crippen MR) is 209 cm³/mol. The number of aromatic hydroxyl groups is 2. The molecule has 47 heavy (non-hydrogen) atoms. The van der Waals surface area contributed by atoms with E-state index < -0.39 is 0 Å². The van der Waals surface area contributed by atoms with Crippen LogP contribution in [0.15, 0.2) is 103 Å². The maximum atomic E-state index is 9.90. The minimum absolute atomic E-state index is 0.205. The second-order valence-corrected chi connectivity index (χ2v) is 13.2. The summed E-state index contributed by atoms with van der Waals surface area (Å²) in [6, 6.07) is 26.4. The highest BCUT2D eigenvalue weighted by Gasteiger charge is 2.27. The van der Waals surface area contributed by atoms with Gasteiger partial charge in [-0.25, -0.2) is 0 Å². The lowest BCUT2D eigenvalue weighted by molar-refractivity contribution is 0.162. The summed E-state index contributed by atoms with van der Waals surface area (Å²) in [5, 5.41) is 18.5. The zero-order chi connectivity index (χ0) is 35.8. The summed E-state index contributed by atoms with van der Waals surface area (Å²) in [6.45, 7) is 15.6. The molecule has 4 aromatic carbocycles. The summed E-state index contributed by atoms with van der Waals surface area (Å²) in [5.41, 5.74) is 1.94. The zero-order valence-electron chi connectivity index (χ0n) is 28.5. The number of ether oxygens (including phenoxy) is 4. The molecule has 260 valence electrons. The number of para-hydroxylation sites is 2. The molecule has 6 nitrogen and oxygen atoms in total. The van der Waals surface area contributed by atoms with E-state index >= 15 is 0 Å². The van der Waals surface area contributed by atoms with Crippen molar-refractivity contribution in [1.29, 1.82) is 0 Å². The number of phenols is 2. The van der Waals surface area contributed by atoms with E-state index in [9.17, 15) is 5.11 Å². The monoisotopic (exact) mass is 904 g/mol. The molecular formula is C37H48Br4O6. The Balaban J connectivity index is 0.000000686. The normalized spacial score (nSPS) is 9.96. The van der Waals surface area contributed by atoms with Crippen LogP contribution in [0.5, 0.6) is 23.0 Å². The van der Waals surface area contributed by atoms with Gasteiger partial charge in [-0.2, -0.15) is 0 Å². The molecule has 0 aliphatic heterocycles. The summed E-state index contributed by atoms with van der Waals surface area (Å²) in [7, 11) is 3.30. The Bertz CT molecular complexity index is 1330. The van der Waals surface area contributed by atoms with Crippen LogP contribution in [0.25, 0.3) is 0 Å². The second-order valence-electron chi connectivity index (χ2n) is 9.80. The minimum Gasteiger partial charge on any atom is -0.508 e. The molecule has 0 fully saturated rings. The Morgan fingerprint density at radius 1 is 0.553 bits per heavy atom. The Hall–Kier alpha value is -2.08. The molecule has 0 aliphatic rings. The molecule has 2 N–H and O–H groups in total. The first kappa shape index (κ1) is 44.9. The largest absolute Gasteiger partial charge is 0.508 e. The first-order valence-corrected chi connectivity index (χ1v) is 18.2. The number of hydrogen-bond acceptors (Lipinski definition) is 6. The SMILES string of the molecule is CCOCC.CCOCC.COc1c(Br)cc(C(C)(C)c2cc(Br)c(O)c(Br)c2)cc1Br.COc1ccccc1.Oc1ccccc1. The Labute approximate surface area is 315 Å². The molecule has 0 unspecified atom stereocenters. The smallest absolute Gasteiger partial charge is 0.147 e. The summed E-state index contributed by atoms with van der Waals surface area (Å²) in [6.07, 6.45) is 0. The van der Waals surface area contributed by atoms with Crippen molar-refractivity contribution in [3.8, 4) is 23.0 Å². The number of rotatable bonds is 8. The third kappa shape index (κ3) is 17.8. The Kier molecular flexibility index (Phi) is 24.7. The van der Waals surface area contributed by atoms with E-state index in [0.717, 1.165) is 58.0 Å². The van der Waals surface area contributed by atoms with Crippen molar-refractivity contribution in [2.45, 2.75) is 47.0 Å². The highest BCUT2D eigenvalue weighted by Crippen LogP contribution is 2.43. The molecule has 0 atom stereocenters. The van der Waals surface area contributed by atoms with Gasteiger partial charge < -0.3 is 29.2 Å². The van der Waals surface area contributed by atoms with Crippen LogP contribution < -0.4 is 9.47 Å². The van der Waals surface area contributed by atoms with Crippen molar-refractivity contribution in [3.63, 3.8) is 0 Å². The lowest BCUT2D eigenvalue weighted by Crippen LogP contribution is -2.19. The van der Waals surface area contributed by atoms with Gasteiger partial charge in [0.25, 0.3) is 0 Å². The van der Waals surface area contributed by atoms with E-state index in [0.29, 0.717) is 14.7 Å². The molecule has 0 amide bonds. The quantitative estimate of drug-likeness (QED) is 0.183. The lowest BCUT2D eigenvalue weighted by atomic mass is 9.78. The van der Waals surface area contributed by atoms with Crippen LogP contribution in [-0.2, 0) is 14.9 Å². The van der Waals surface area contributed by atoms with Gasteiger partial charge in [-0.3, -0.25) is 0 Å². The third-order valence-electron chi connectivity index (χ3n) is 6.21. The van der Waals surface area contributed by atoms with E-state index in [-0.39, 0.29) is 11.2 Å². The van der Waals surface area contributed by atoms with Crippen LogP contribution in [0.1, 0.15) is 52.7 Å². The first-order valence-electron chi connectivity index (χ1n) is 15.0. The van der Waals surface area contributed by atoms with Gasteiger partial charge in [0.15, 0.2) is 0 Å². The maximum Gasteiger partial charge on any atom is 0.147 e. The topological polar surface area (TPSA) is 77.4 Å². The Morgan fingerprint density at radius 3 is 1.17 bits per heavy atom. The molecule has 0 radical (unpaired) electrons. The van der Waals surface area contributed by atoms with E-state index in [1.807, 2.05) is 76.2 Å². The van der Waals surface area contributed by atoms with Crippen LogP contribution in [0, 0.1) is 0 Å². The fraction of sp³-hybridized carbons (Fsp3) is 0.351. The second kappa shape index (κ2) is 25.9. The average Bonchev–Trinajstić information content (AvgIpc) is 3.06. The van der Waals surface area contributed by atoms with Crippen molar-refractivity contribution in [1.82, 2.24) is 0 Å². The average molecular weight is 908 g/mol. The molecule has 0 saturated heterocycles. The van der Waals surface area contributed by atoms with Gasteiger partial charge in [-0.15, -0.1) is 0 Å². The summed E-state index contributed by atoms with van der Waals surface area (Å²) < 4.78 is 23.1. The van der Waals surface area contributed by atoms with E-state index in [1.165, 1.54) is 0 Å². The van der Waals surface area contributed by atoms with E-state index in [1.54, 1.807) is 38.5 Å².